The monoisotopic (exact) mass is 205 g/mol. The molecule has 0 bridgehead atoms. The van der Waals surface area contributed by atoms with Crippen LogP contribution in [0, 0.1) is 0 Å². The summed E-state index contributed by atoms with van der Waals surface area (Å²) >= 11 is 0. The van der Waals surface area contributed by atoms with E-state index in [9.17, 15) is 9.59 Å². The number of primary amides is 1. The molecule has 78 valence electrons. The summed E-state index contributed by atoms with van der Waals surface area (Å²) in [5, 5.41) is 0. The Kier molecular flexibility index (Phi) is 3.23. The van der Waals surface area contributed by atoms with E-state index in [2.05, 4.69) is 6.58 Å². The predicted molar refractivity (Wildman–Crippen MR) is 55.4 cm³/mol. The number of hydrogen-bond acceptors (Lipinski definition) is 3. The van der Waals surface area contributed by atoms with Crippen LogP contribution in [-0.2, 0) is 4.79 Å². The van der Waals surface area contributed by atoms with Crippen molar-refractivity contribution in [1.82, 2.24) is 0 Å². The minimum atomic E-state index is -0.639. The van der Waals surface area contributed by atoms with E-state index >= 15 is 0 Å². The first kappa shape index (κ1) is 11.0. The van der Waals surface area contributed by atoms with Crippen molar-refractivity contribution in [2.24, 2.45) is 5.73 Å². The Morgan fingerprint density at radius 3 is 2.47 bits per heavy atom. The fourth-order valence-corrected chi connectivity index (χ4v) is 0.946. The minimum Gasteiger partial charge on any atom is -0.422 e. The van der Waals surface area contributed by atoms with Crippen LogP contribution in [0.2, 0.25) is 0 Å². The molecule has 2 N–H and O–H groups in total. The highest BCUT2D eigenvalue weighted by molar-refractivity contribution is 5.97. The second-order valence-corrected chi connectivity index (χ2v) is 3.03. The van der Waals surface area contributed by atoms with E-state index in [0.29, 0.717) is 0 Å². The maximum Gasteiger partial charge on any atom is 0.338 e. The van der Waals surface area contributed by atoms with Gasteiger partial charge in [-0.05, 0) is 19.1 Å². The van der Waals surface area contributed by atoms with Crippen molar-refractivity contribution in [2.45, 2.75) is 6.92 Å². The van der Waals surface area contributed by atoms with Gasteiger partial charge in [-0.25, -0.2) is 4.79 Å². The lowest BCUT2D eigenvalue weighted by Crippen LogP contribution is -2.15. The van der Waals surface area contributed by atoms with E-state index in [0.717, 1.165) is 0 Å². The Labute approximate surface area is 87.3 Å². The molecule has 4 heteroatoms. The average Bonchev–Trinajstić information content (AvgIpc) is 2.18. The molecule has 0 aliphatic heterocycles. The lowest BCUT2D eigenvalue weighted by Gasteiger charge is -2.06. The van der Waals surface area contributed by atoms with Crippen LogP contribution in [0.4, 0.5) is 0 Å². The van der Waals surface area contributed by atoms with E-state index in [1.54, 1.807) is 12.1 Å². The van der Waals surface area contributed by atoms with Crippen molar-refractivity contribution in [3.05, 3.63) is 42.0 Å². The van der Waals surface area contributed by atoms with Gasteiger partial charge in [0.15, 0.2) is 0 Å². The van der Waals surface area contributed by atoms with Crippen molar-refractivity contribution >= 4 is 11.9 Å². The third kappa shape index (κ3) is 2.67. The van der Waals surface area contributed by atoms with E-state index in [1.165, 1.54) is 19.1 Å². The third-order valence-electron chi connectivity index (χ3n) is 1.70. The van der Waals surface area contributed by atoms with Gasteiger partial charge in [0.2, 0.25) is 0 Å². The van der Waals surface area contributed by atoms with Gasteiger partial charge in [0.1, 0.15) is 5.75 Å². The largest absolute Gasteiger partial charge is 0.422 e. The second kappa shape index (κ2) is 4.41. The lowest BCUT2D eigenvalue weighted by molar-refractivity contribution is -0.130. The molecule has 0 atom stereocenters. The van der Waals surface area contributed by atoms with Gasteiger partial charge in [-0.2, -0.15) is 0 Å². The average molecular weight is 205 g/mol. The first-order chi connectivity index (χ1) is 7.02. The highest BCUT2D eigenvalue weighted by Gasteiger charge is 2.12. The Hall–Kier alpha value is -2.10. The number of hydrogen-bond donors (Lipinski definition) is 1. The summed E-state index contributed by atoms with van der Waals surface area (Å²) in [4.78, 5) is 22.2. The minimum absolute atomic E-state index is 0.151. The van der Waals surface area contributed by atoms with Gasteiger partial charge in [-0.3, -0.25) is 4.79 Å². The molecule has 0 heterocycles. The quantitative estimate of drug-likeness (QED) is 0.459. The van der Waals surface area contributed by atoms with E-state index in [4.69, 9.17) is 10.5 Å². The Morgan fingerprint density at radius 1 is 1.33 bits per heavy atom. The molecular weight excluding hydrogens is 194 g/mol. The van der Waals surface area contributed by atoms with E-state index in [1.807, 2.05) is 0 Å². The first-order valence-corrected chi connectivity index (χ1v) is 4.29. The van der Waals surface area contributed by atoms with Crippen molar-refractivity contribution in [1.29, 1.82) is 0 Å². The summed E-state index contributed by atoms with van der Waals surface area (Å²) in [5.74, 6) is -1.07. The normalized spacial score (nSPS) is 9.40. The van der Waals surface area contributed by atoms with Crippen molar-refractivity contribution in [3.63, 3.8) is 0 Å². The molecule has 1 aromatic carbocycles. The molecule has 0 saturated heterocycles. The SMILES string of the molecule is C=C(C)C(=O)Oc1ccccc1C(N)=O. The van der Waals surface area contributed by atoms with Crippen LogP contribution in [0.1, 0.15) is 17.3 Å². The van der Waals surface area contributed by atoms with Gasteiger partial charge < -0.3 is 10.5 Å². The summed E-state index contributed by atoms with van der Waals surface area (Å²) in [6, 6.07) is 6.27. The zero-order chi connectivity index (χ0) is 11.4. The molecule has 1 rings (SSSR count). The van der Waals surface area contributed by atoms with Gasteiger partial charge >= 0.3 is 5.97 Å². The van der Waals surface area contributed by atoms with Crippen LogP contribution in [-0.4, -0.2) is 11.9 Å². The molecule has 1 amide bonds. The number of rotatable bonds is 3. The Morgan fingerprint density at radius 2 is 1.93 bits per heavy atom. The maximum atomic E-state index is 11.2. The molecule has 0 radical (unpaired) electrons. The summed E-state index contributed by atoms with van der Waals surface area (Å²) in [6.45, 7) is 4.96. The summed E-state index contributed by atoms with van der Waals surface area (Å²) in [7, 11) is 0. The van der Waals surface area contributed by atoms with Crippen LogP contribution >= 0.6 is 0 Å². The number of carbonyl (C=O) groups excluding carboxylic acids is 2. The standard InChI is InChI=1S/C11H11NO3/c1-7(2)11(14)15-9-6-4-3-5-8(9)10(12)13/h3-6H,1H2,2H3,(H2,12,13). The number of amides is 1. The number of para-hydroxylation sites is 1. The zero-order valence-electron chi connectivity index (χ0n) is 8.32. The van der Waals surface area contributed by atoms with Gasteiger partial charge in [0, 0.05) is 5.57 Å². The molecule has 0 aliphatic carbocycles. The van der Waals surface area contributed by atoms with Crippen LogP contribution in [0.15, 0.2) is 36.4 Å². The van der Waals surface area contributed by atoms with E-state index in [-0.39, 0.29) is 16.9 Å². The number of esters is 1. The maximum absolute atomic E-state index is 11.2. The molecule has 0 spiro atoms. The van der Waals surface area contributed by atoms with Crippen LogP contribution < -0.4 is 10.5 Å². The summed E-state index contributed by atoms with van der Waals surface area (Å²) in [5.41, 5.74) is 5.55. The van der Waals surface area contributed by atoms with Crippen LogP contribution in [0.25, 0.3) is 0 Å². The molecule has 1 aromatic rings. The topological polar surface area (TPSA) is 69.4 Å². The zero-order valence-corrected chi connectivity index (χ0v) is 8.32. The van der Waals surface area contributed by atoms with Gasteiger partial charge in [-0.1, -0.05) is 18.7 Å². The smallest absolute Gasteiger partial charge is 0.338 e. The van der Waals surface area contributed by atoms with E-state index < -0.39 is 11.9 Å². The summed E-state index contributed by atoms with van der Waals surface area (Å²) < 4.78 is 4.93. The van der Waals surface area contributed by atoms with Gasteiger partial charge in [-0.15, -0.1) is 0 Å². The van der Waals surface area contributed by atoms with Gasteiger partial charge in [0.25, 0.3) is 5.91 Å². The number of benzene rings is 1. The van der Waals surface area contributed by atoms with Crippen LogP contribution in [0.3, 0.4) is 0 Å². The summed E-state index contributed by atoms with van der Waals surface area (Å²) in [6.07, 6.45) is 0. The molecule has 0 saturated carbocycles. The van der Waals surface area contributed by atoms with Crippen LogP contribution in [0.5, 0.6) is 5.75 Å². The Balaban J connectivity index is 2.99. The highest BCUT2D eigenvalue weighted by Crippen LogP contribution is 2.18. The number of ether oxygens (including phenoxy) is 1. The predicted octanol–water partition coefficient (Wildman–Crippen LogP) is 1.27. The Bertz CT molecular complexity index is 424. The molecule has 0 unspecified atom stereocenters. The van der Waals surface area contributed by atoms with Gasteiger partial charge in [0.05, 0.1) is 5.56 Å². The van der Waals surface area contributed by atoms with Crippen molar-refractivity contribution in [3.8, 4) is 5.75 Å². The third-order valence-corrected chi connectivity index (χ3v) is 1.70. The highest BCUT2D eigenvalue weighted by atomic mass is 16.5. The van der Waals surface area contributed by atoms with Crippen molar-refractivity contribution < 1.29 is 14.3 Å². The molecule has 0 aromatic heterocycles. The number of carbonyl (C=O) groups is 2. The second-order valence-electron chi connectivity index (χ2n) is 3.03. The molecule has 15 heavy (non-hydrogen) atoms. The molecule has 4 nitrogen and oxygen atoms in total. The van der Waals surface area contributed by atoms with Crippen molar-refractivity contribution in [2.75, 3.05) is 0 Å². The molecule has 0 aliphatic rings. The fraction of sp³-hybridized carbons (Fsp3) is 0.0909. The molecule has 0 fully saturated rings. The fourth-order valence-electron chi connectivity index (χ4n) is 0.946. The lowest BCUT2D eigenvalue weighted by atomic mass is 10.2. The first-order valence-electron chi connectivity index (χ1n) is 4.29. The molecular formula is C11H11NO3. The number of nitrogens with two attached hydrogens (primary N) is 1.